The Balaban J connectivity index is 0. The smallest absolute Gasteiger partial charge is 0.412 e. The van der Waals surface area contributed by atoms with Gasteiger partial charge in [-0.1, -0.05) is 0 Å². The van der Waals surface area contributed by atoms with Crippen molar-refractivity contribution in [2.75, 3.05) is 0 Å². The normalized spacial score (nSPS) is 14.6. The van der Waals surface area contributed by atoms with E-state index in [1.165, 1.54) is 0 Å². The van der Waals surface area contributed by atoms with Gasteiger partial charge in [-0.2, -0.15) is 0 Å². The van der Waals surface area contributed by atoms with E-state index in [9.17, 15) is 0 Å². The van der Waals surface area contributed by atoms with Crippen LogP contribution in [0.15, 0.2) is 0 Å². The van der Waals surface area contributed by atoms with Gasteiger partial charge in [0, 0.05) is 0 Å². The first-order valence-electron chi connectivity index (χ1n) is 5.12. The molecule has 0 aliphatic carbocycles. The van der Waals surface area contributed by atoms with Gasteiger partial charge in [-0.05, 0) is 0 Å². The van der Waals surface area contributed by atoms with Crippen LogP contribution in [0.2, 0.25) is 23.2 Å². The summed E-state index contributed by atoms with van der Waals surface area (Å²) in [5.41, 5.74) is 0. The van der Waals surface area contributed by atoms with Crippen molar-refractivity contribution in [3.8, 4) is 0 Å². The van der Waals surface area contributed by atoms with E-state index < -0.39 is 15.8 Å². The third-order valence-electron chi connectivity index (χ3n) is 4.47. The van der Waals surface area contributed by atoms with E-state index in [0.717, 1.165) is 0 Å². The molecule has 0 aromatic heterocycles. The molecule has 2 heteroatoms. The zero-order valence-electron chi connectivity index (χ0n) is 9.48. The Morgan fingerprint density at radius 3 is 0.750 bits per heavy atom. The molecule has 12 heavy (non-hydrogen) atoms. The van der Waals surface area contributed by atoms with Crippen molar-refractivity contribution in [3.63, 3.8) is 0 Å². The van der Waals surface area contributed by atoms with Crippen LogP contribution in [0, 0.1) is 0 Å². The summed E-state index contributed by atoms with van der Waals surface area (Å²) >= 11 is -2.11. The van der Waals surface area contributed by atoms with E-state index in [1.807, 2.05) is 0 Å². The third-order valence-corrected chi connectivity index (χ3v) is 36.6. The zero-order valence-corrected chi connectivity index (χ0v) is 12.7. The largest absolute Gasteiger partial charge is 0.412 e. The van der Waals surface area contributed by atoms with Crippen molar-refractivity contribution in [1.29, 1.82) is 0 Å². The average molecular weight is 344 g/mol. The van der Waals surface area contributed by atoms with Crippen molar-refractivity contribution in [1.82, 2.24) is 0 Å². The van der Waals surface area contributed by atoms with E-state index in [1.54, 1.807) is 23.2 Å². The maximum absolute atomic E-state index is 2.44. The van der Waals surface area contributed by atoms with Gasteiger partial charge in [0.05, 0.1) is 0 Å². The first kappa shape index (κ1) is 15.2. The molecule has 0 heterocycles. The predicted octanol–water partition coefficient (Wildman–Crippen LogP) is 4.04. The summed E-state index contributed by atoms with van der Waals surface area (Å²) in [5, 5.41) is 0. The zero-order chi connectivity index (χ0) is 8.98. The minimum atomic E-state index is -2.11. The van der Waals surface area contributed by atoms with E-state index in [-0.39, 0.29) is 5.48 Å². The quantitative estimate of drug-likeness (QED) is 0.721. The van der Waals surface area contributed by atoms with Crippen LogP contribution in [0.4, 0.5) is 0 Å². The van der Waals surface area contributed by atoms with Crippen molar-refractivity contribution in [2.45, 2.75) is 57.8 Å². The Morgan fingerprint density at radius 1 is 0.583 bits per heavy atom. The van der Waals surface area contributed by atoms with Crippen LogP contribution in [-0.2, 0) is 15.8 Å². The molecule has 0 amide bonds. The van der Waals surface area contributed by atoms with Crippen LogP contribution in [0.3, 0.4) is 0 Å². The molecule has 0 spiro atoms. The fraction of sp³-hybridized carbons (Fsp3) is 1.00. The number of rotatable bonds is 5. The van der Waals surface area contributed by atoms with E-state index in [0.29, 0.717) is 0 Å². The molecule has 1 nitrogen and oxygen atoms in total. The Labute approximate surface area is 79.2 Å². The molecule has 0 aliphatic rings. The first-order chi connectivity index (χ1) is 5.12. The SMILES string of the molecule is C[CH2][Ta]([CH2]C)([CH2]C)([CH2]C)[CH2]C.O. The summed E-state index contributed by atoms with van der Waals surface area (Å²) in [6, 6.07) is 0. The monoisotopic (exact) mass is 344 g/mol. The molecule has 0 unspecified atom stereocenters. The average Bonchev–Trinajstić information content (AvgIpc) is 2.12. The molecule has 0 atom stereocenters. The standard InChI is InChI=1S/5C2H5.H2O.Ta/c5*1-2;;/h5*1H2,2H3;1H2;. The summed E-state index contributed by atoms with van der Waals surface area (Å²) < 4.78 is 7.74. The van der Waals surface area contributed by atoms with Crippen LogP contribution in [0.1, 0.15) is 34.6 Å². The van der Waals surface area contributed by atoms with Gasteiger partial charge in [-0.25, -0.2) is 0 Å². The summed E-state index contributed by atoms with van der Waals surface area (Å²) in [6.07, 6.45) is 0. The molecule has 0 fully saturated rings. The van der Waals surface area contributed by atoms with Gasteiger partial charge in [-0.3, -0.25) is 0 Å². The third kappa shape index (κ3) is 2.35. The van der Waals surface area contributed by atoms with Crippen LogP contribution in [-0.4, -0.2) is 5.48 Å². The second-order valence-electron chi connectivity index (χ2n) is 3.82. The van der Waals surface area contributed by atoms with Gasteiger partial charge in [-0.15, -0.1) is 0 Å². The molecule has 2 N–H and O–H groups in total. The maximum Gasteiger partial charge on any atom is -0.412 e. The number of hydrogen-bond donors (Lipinski definition) is 0. The topological polar surface area (TPSA) is 31.5 Å². The molecular weight excluding hydrogens is 317 g/mol. The second-order valence-corrected chi connectivity index (χ2v) is 31.2. The van der Waals surface area contributed by atoms with Gasteiger partial charge >= 0.3 is 73.6 Å². The maximum atomic E-state index is 2.44. The Bertz CT molecular complexity index is 82.2. The van der Waals surface area contributed by atoms with Gasteiger partial charge in [0.15, 0.2) is 0 Å². The molecule has 78 valence electrons. The van der Waals surface area contributed by atoms with Gasteiger partial charge in [0.1, 0.15) is 0 Å². The Morgan fingerprint density at radius 2 is 0.750 bits per heavy atom. The number of hydrogen-bond acceptors (Lipinski definition) is 0. The molecule has 0 saturated heterocycles. The fourth-order valence-electron chi connectivity index (χ4n) is 2.24. The van der Waals surface area contributed by atoms with Gasteiger partial charge in [0.25, 0.3) is 0 Å². The second kappa shape index (κ2) is 5.43. The van der Waals surface area contributed by atoms with E-state index >= 15 is 0 Å². The summed E-state index contributed by atoms with van der Waals surface area (Å²) in [7, 11) is 0. The molecular formula is C10H27OTa. The molecule has 0 radical (unpaired) electrons. The molecule has 0 rings (SSSR count). The molecule has 0 aliphatic heterocycles. The Hall–Kier alpha value is 0.700. The predicted molar refractivity (Wildman–Crippen MR) is 56.0 cm³/mol. The van der Waals surface area contributed by atoms with Crippen LogP contribution < -0.4 is 0 Å². The summed E-state index contributed by atoms with van der Waals surface area (Å²) in [6.45, 7) is 12.2. The Kier molecular flexibility index (Phi) is 6.88. The van der Waals surface area contributed by atoms with Crippen molar-refractivity contribution < 1.29 is 21.3 Å². The summed E-state index contributed by atoms with van der Waals surface area (Å²) in [4.78, 5) is 0. The van der Waals surface area contributed by atoms with Crippen molar-refractivity contribution in [3.05, 3.63) is 0 Å². The van der Waals surface area contributed by atoms with Gasteiger partial charge < -0.3 is 5.48 Å². The minimum absolute atomic E-state index is 0. The van der Waals surface area contributed by atoms with Crippen molar-refractivity contribution in [2.24, 2.45) is 0 Å². The minimum Gasteiger partial charge on any atom is -0.412 e. The summed E-state index contributed by atoms with van der Waals surface area (Å²) in [5.74, 6) is 0. The van der Waals surface area contributed by atoms with E-state index in [2.05, 4.69) is 34.6 Å². The molecule has 0 aromatic rings. The molecule has 0 aromatic carbocycles. The van der Waals surface area contributed by atoms with E-state index in [4.69, 9.17) is 0 Å². The van der Waals surface area contributed by atoms with Crippen LogP contribution in [0.5, 0.6) is 0 Å². The van der Waals surface area contributed by atoms with Gasteiger partial charge in [0.2, 0.25) is 0 Å². The molecule has 0 saturated carbocycles. The fourth-order valence-corrected chi connectivity index (χ4v) is 18.3. The molecule has 0 bridgehead atoms. The van der Waals surface area contributed by atoms with Crippen molar-refractivity contribution >= 4 is 0 Å². The van der Waals surface area contributed by atoms with Crippen LogP contribution in [0.25, 0.3) is 0 Å². The first-order valence-corrected chi connectivity index (χ1v) is 16.5. The van der Waals surface area contributed by atoms with Crippen LogP contribution >= 0.6 is 0 Å².